The van der Waals surface area contributed by atoms with Crippen LogP contribution in [0.25, 0.3) is 10.9 Å². The van der Waals surface area contributed by atoms with Gasteiger partial charge in [0.1, 0.15) is 5.75 Å². The standard InChI is InChI=1S/C17H21NO3/c1-3-16-12(7-8-21-16)17(19)14-10-18-15-6-5-11(20-4-2)9-13(14)15/h5-6,9-10,12,16,18H,3-4,7-8H2,1-2H3. The van der Waals surface area contributed by atoms with Crippen molar-refractivity contribution in [3.05, 3.63) is 30.0 Å². The summed E-state index contributed by atoms with van der Waals surface area (Å²) in [7, 11) is 0. The minimum Gasteiger partial charge on any atom is -0.494 e. The second-order valence-electron chi connectivity index (χ2n) is 5.42. The van der Waals surface area contributed by atoms with Gasteiger partial charge in [0.25, 0.3) is 0 Å². The Morgan fingerprint density at radius 3 is 3.05 bits per heavy atom. The Morgan fingerprint density at radius 1 is 1.43 bits per heavy atom. The third-order valence-corrected chi connectivity index (χ3v) is 4.18. The van der Waals surface area contributed by atoms with E-state index < -0.39 is 0 Å². The summed E-state index contributed by atoms with van der Waals surface area (Å²) in [6, 6.07) is 5.82. The Kier molecular flexibility index (Phi) is 3.97. The third kappa shape index (κ3) is 2.56. The summed E-state index contributed by atoms with van der Waals surface area (Å²) in [6.45, 7) is 5.32. The number of benzene rings is 1. The average molecular weight is 287 g/mol. The number of Topliss-reactive ketones (excluding diaryl/α,β-unsaturated/α-hetero) is 1. The van der Waals surface area contributed by atoms with Gasteiger partial charge in [-0.3, -0.25) is 4.79 Å². The summed E-state index contributed by atoms with van der Waals surface area (Å²) in [6.07, 6.45) is 3.56. The first-order chi connectivity index (χ1) is 10.2. The van der Waals surface area contributed by atoms with E-state index in [9.17, 15) is 4.79 Å². The molecule has 1 aromatic carbocycles. The number of ether oxygens (including phenoxy) is 2. The van der Waals surface area contributed by atoms with Crippen molar-refractivity contribution in [1.29, 1.82) is 0 Å². The van der Waals surface area contributed by atoms with Gasteiger partial charge in [-0.15, -0.1) is 0 Å². The highest BCUT2D eigenvalue weighted by molar-refractivity contribution is 6.09. The fourth-order valence-electron chi connectivity index (χ4n) is 3.11. The number of hydrogen-bond donors (Lipinski definition) is 1. The molecule has 2 aromatic rings. The third-order valence-electron chi connectivity index (χ3n) is 4.18. The Bertz CT molecular complexity index is 647. The van der Waals surface area contributed by atoms with Crippen LogP contribution in [-0.2, 0) is 4.74 Å². The smallest absolute Gasteiger partial charge is 0.170 e. The monoisotopic (exact) mass is 287 g/mol. The van der Waals surface area contributed by atoms with E-state index in [-0.39, 0.29) is 17.8 Å². The van der Waals surface area contributed by atoms with Crippen LogP contribution in [0.3, 0.4) is 0 Å². The van der Waals surface area contributed by atoms with Crippen molar-refractivity contribution in [3.8, 4) is 5.75 Å². The quantitative estimate of drug-likeness (QED) is 0.855. The van der Waals surface area contributed by atoms with Gasteiger partial charge in [-0.25, -0.2) is 0 Å². The van der Waals surface area contributed by atoms with E-state index in [1.165, 1.54) is 0 Å². The highest BCUT2D eigenvalue weighted by atomic mass is 16.5. The molecule has 2 atom stereocenters. The predicted molar refractivity (Wildman–Crippen MR) is 81.9 cm³/mol. The first-order valence-electron chi connectivity index (χ1n) is 7.64. The zero-order valence-corrected chi connectivity index (χ0v) is 12.5. The van der Waals surface area contributed by atoms with Crippen molar-refractivity contribution in [1.82, 2.24) is 4.98 Å². The number of aromatic amines is 1. The molecule has 0 aliphatic carbocycles. The normalized spacial score (nSPS) is 21.8. The fraction of sp³-hybridized carbons (Fsp3) is 0.471. The first-order valence-corrected chi connectivity index (χ1v) is 7.64. The van der Waals surface area contributed by atoms with Crippen LogP contribution in [0.4, 0.5) is 0 Å². The molecule has 0 radical (unpaired) electrons. The van der Waals surface area contributed by atoms with E-state index in [0.717, 1.165) is 35.1 Å². The van der Waals surface area contributed by atoms with Crippen molar-refractivity contribution in [3.63, 3.8) is 0 Å². The number of rotatable bonds is 5. The molecular weight excluding hydrogens is 266 g/mol. The first kappa shape index (κ1) is 14.1. The van der Waals surface area contributed by atoms with Crippen molar-refractivity contribution >= 4 is 16.7 Å². The highest BCUT2D eigenvalue weighted by Crippen LogP contribution is 2.31. The van der Waals surface area contributed by atoms with Crippen molar-refractivity contribution in [2.24, 2.45) is 5.92 Å². The van der Waals surface area contributed by atoms with Crippen LogP contribution in [0.5, 0.6) is 5.75 Å². The van der Waals surface area contributed by atoms with Crippen LogP contribution < -0.4 is 4.74 Å². The summed E-state index contributed by atoms with van der Waals surface area (Å²) < 4.78 is 11.2. The summed E-state index contributed by atoms with van der Waals surface area (Å²) in [5, 5.41) is 0.938. The Hall–Kier alpha value is -1.81. The number of carbonyl (C=O) groups excluding carboxylic acids is 1. The summed E-state index contributed by atoms with van der Waals surface area (Å²) in [4.78, 5) is 16.0. The molecule has 0 spiro atoms. The van der Waals surface area contributed by atoms with E-state index in [4.69, 9.17) is 9.47 Å². The molecule has 4 nitrogen and oxygen atoms in total. The van der Waals surface area contributed by atoms with E-state index in [0.29, 0.717) is 13.2 Å². The predicted octanol–water partition coefficient (Wildman–Crippen LogP) is 3.56. The van der Waals surface area contributed by atoms with Crippen LogP contribution in [0.1, 0.15) is 37.0 Å². The number of carbonyl (C=O) groups is 1. The highest BCUT2D eigenvalue weighted by Gasteiger charge is 2.34. The number of nitrogens with one attached hydrogen (secondary N) is 1. The molecule has 0 saturated carbocycles. The van der Waals surface area contributed by atoms with Crippen molar-refractivity contribution in [2.45, 2.75) is 32.8 Å². The van der Waals surface area contributed by atoms with Gasteiger partial charge < -0.3 is 14.5 Å². The maximum absolute atomic E-state index is 12.8. The number of fused-ring (bicyclic) bond motifs is 1. The molecule has 1 aromatic heterocycles. The second-order valence-corrected chi connectivity index (χ2v) is 5.42. The Balaban J connectivity index is 1.95. The van der Waals surface area contributed by atoms with Crippen molar-refractivity contribution < 1.29 is 14.3 Å². The van der Waals surface area contributed by atoms with E-state index >= 15 is 0 Å². The number of aromatic nitrogens is 1. The van der Waals surface area contributed by atoms with Gasteiger partial charge >= 0.3 is 0 Å². The van der Waals surface area contributed by atoms with Gasteiger partial charge in [0.15, 0.2) is 5.78 Å². The topological polar surface area (TPSA) is 51.3 Å². The van der Waals surface area contributed by atoms with Gasteiger partial charge in [-0.1, -0.05) is 6.92 Å². The summed E-state index contributed by atoms with van der Waals surface area (Å²) in [5.74, 6) is 0.956. The summed E-state index contributed by atoms with van der Waals surface area (Å²) >= 11 is 0. The lowest BCUT2D eigenvalue weighted by atomic mass is 9.90. The molecule has 0 amide bonds. The van der Waals surface area contributed by atoms with Gasteiger partial charge in [0, 0.05) is 29.3 Å². The molecule has 2 unspecified atom stereocenters. The minimum absolute atomic E-state index is 0.0234. The zero-order valence-electron chi connectivity index (χ0n) is 12.5. The van der Waals surface area contributed by atoms with E-state index in [2.05, 4.69) is 11.9 Å². The van der Waals surface area contributed by atoms with Crippen LogP contribution >= 0.6 is 0 Å². The van der Waals surface area contributed by atoms with Crippen LogP contribution in [0, 0.1) is 5.92 Å². The van der Waals surface area contributed by atoms with Crippen LogP contribution in [0.2, 0.25) is 0 Å². The van der Waals surface area contributed by atoms with Crippen molar-refractivity contribution in [2.75, 3.05) is 13.2 Å². The molecule has 1 aliphatic rings. The number of ketones is 1. The van der Waals surface area contributed by atoms with E-state index in [1.807, 2.05) is 31.3 Å². The lowest BCUT2D eigenvalue weighted by Crippen LogP contribution is -2.23. The average Bonchev–Trinajstić information content (AvgIpc) is 3.13. The fourth-order valence-corrected chi connectivity index (χ4v) is 3.11. The molecule has 1 saturated heterocycles. The summed E-state index contributed by atoms with van der Waals surface area (Å²) in [5.41, 5.74) is 1.72. The second kappa shape index (κ2) is 5.90. The lowest BCUT2D eigenvalue weighted by Gasteiger charge is -2.15. The largest absolute Gasteiger partial charge is 0.494 e. The zero-order chi connectivity index (χ0) is 14.8. The Morgan fingerprint density at radius 2 is 2.29 bits per heavy atom. The molecule has 1 aliphatic heterocycles. The molecule has 21 heavy (non-hydrogen) atoms. The Labute approximate surface area is 124 Å². The molecule has 1 N–H and O–H groups in total. The SMILES string of the molecule is CCOc1ccc2[nH]cc(C(=O)C3CCOC3CC)c2c1. The van der Waals surface area contributed by atoms with Gasteiger partial charge in [0.2, 0.25) is 0 Å². The van der Waals surface area contributed by atoms with Crippen LogP contribution in [0.15, 0.2) is 24.4 Å². The number of hydrogen-bond acceptors (Lipinski definition) is 3. The van der Waals surface area contributed by atoms with Gasteiger partial charge in [-0.2, -0.15) is 0 Å². The maximum atomic E-state index is 12.8. The minimum atomic E-state index is -0.0234. The number of H-pyrrole nitrogens is 1. The van der Waals surface area contributed by atoms with Gasteiger partial charge in [0.05, 0.1) is 18.6 Å². The van der Waals surface area contributed by atoms with Gasteiger partial charge in [-0.05, 0) is 38.0 Å². The molecular formula is C17H21NO3. The van der Waals surface area contributed by atoms with E-state index in [1.54, 1.807) is 0 Å². The lowest BCUT2D eigenvalue weighted by molar-refractivity contribution is 0.0690. The molecule has 3 rings (SSSR count). The molecule has 4 heteroatoms. The molecule has 112 valence electrons. The molecule has 1 fully saturated rings. The maximum Gasteiger partial charge on any atom is 0.170 e. The van der Waals surface area contributed by atoms with Crippen LogP contribution in [-0.4, -0.2) is 30.1 Å². The molecule has 2 heterocycles. The molecule has 0 bridgehead atoms.